The summed E-state index contributed by atoms with van der Waals surface area (Å²) in [6.45, 7) is 0. The van der Waals surface area contributed by atoms with E-state index < -0.39 is 0 Å². The predicted octanol–water partition coefficient (Wildman–Crippen LogP) is 6.49. The van der Waals surface area contributed by atoms with Gasteiger partial charge in [-0.3, -0.25) is 4.68 Å². The number of nitrogens with zero attached hydrogens (tertiary/aromatic N) is 4. The van der Waals surface area contributed by atoms with Crippen LogP contribution in [0.15, 0.2) is 97.5 Å². The molecular weight excluding hydrogens is 587 g/mol. The molecule has 0 saturated heterocycles. The van der Waals surface area contributed by atoms with Gasteiger partial charge in [0.15, 0.2) is 0 Å². The fourth-order valence-electron chi connectivity index (χ4n) is 3.99. The Kier molecular flexibility index (Phi) is 5.76. The Morgan fingerprint density at radius 3 is 2.36 bits per heavy atom. The van der Waals surface area contributed by atoms with Crippen molar-refractivity contribution >= 4 is 29.3 Å². The third-order valence-electron chi connectivity index (χ3n) is 5.50. The number of anilines is 3. The Bertz CT molecular complexity index is 1430. The van der Waals surface area contributed by atoms with Crippen LogP contribution in [0.4, 0.5) is 17.2 Å². The SMILES string of the molecule is [Pt+2].[c-]1c(-c2[c-]c3c(cc2)C=Cc2ccccc2N3c2ccccn2)cccc1-n1cccn1. The van der Waals surface area contributed by atoms with E-state index in [-0.39, 0.29) is 21.1 Å². The Balaban J connectivity index is 0.00000228. The van der Waals surface area contributed by atoms with Crippen molar-refractivity contribution in [2.45, 2.75) is 0 Å². The van der Waals surface area contributed by atoms with Crippen LogP contribution in [-0.2, 0) is 21.1 Å². The van der Waals surface area contributed by atoms with E-state index in [0.717, 1.165) is 45.1 Å². The topological polar surface area (TPSA) is 34.0 Å². The first-order chi connectivity index (χ1) is 15.9. The summed E-state index contributed by atoms with van der Waals surface area (Å²) in [7, 11) is 0. The van der Waals surface area contributed by atoms with Gasteiger partial charge in [-0.05, 0) is 41.2 Å². The molecule has 2 aromatic heterocycles. The molecule has 160 valence electrons. The molecule has 0 amide bonds. The van der Waals surface area contributed by atoms with Crippen LogP contribution >= 0.6 is 0 Å². The number of benzene rings is 3. The maximum atomic E-state index is 4.65. The molecule has 6 rings (SSSR count). The third kappa shape index (κ3) is 3.94. The maximum absolute atomic E-state index is 4.65. The number of fused-ring (bicyclic) bond motifs is 2. The zero-order chi connectivity index (χ0) is 21.3. The molecule has 3 aromatic carbocycles. The molecular formula is C28H18N4Pt. The van der Waals surface area contributed by atoms with Crippen LogP contribution in [0.1, 0.15) is 11.1 Å². The zero-order valence-electron chi connectivity index (χ0n) is 17.5. The summed E-state index contributed by atoms with van der Waals surface area (Å²) in [6.07, 6.45) is 9.79. The minimum absolute atomic E-state index is 0. The van der Waals surface area contributed by atoms with E-state index in [4.69, 9.17) is 0 Å². The largest absolute Gasteiger partial charge is 2.00 e. The Morgan fingerprint density at radius 1 is 0.667 bits per heavy atom. The van der Waals surface area contributed by atoms with Crippen molar-refractivity contribution in [3.63, 3.8) is 0 Å². The van der Waals surface area contributed by atoms with Crippen LogP contribution in [0.25, 0.3) is 29.0 Å². The van der Waals surface area contributed by atoms with Gasteiger partial charge in [0.2, 0.25) is 0 Å². The number of para-hydroxylation sites is 1. The first kappa shape index (κ1) is 21.1. The molecule has 0 saturated carbocycles. The van der Waals surface area contributed by atoms with E-state index in [1.807, 2.05) is 53.5 Å². The van der Waals surface area contributed by atoms with Crippen LogP contribution in [0, 0.1) is 12.1 Å². The number of hydrogen-bond acceptors (Lipinski definition) is 3. The van der Waals surface area contributed by atoms with Gasteiger partial charge in [0.1, 0.15) is 5.82 Å². The van der Waals surface area contributed by atoms with Crippen LogP contribution in [0.5, 0.6) is 0 Å². The van der Waals surface area contributed by atoms with Crippen LogP contribution in [0.2, 0.25) is 0 Å². The van der Waals surface area contributed by atoms with E-state index in [2.05, 4.69) is 81.7 Å². The fourth-order valence-corrected chi connectivity index (χ4v) is 3.99. The molecule has 0 radical (unpaired) electrons. The molecule has 0 aliphatic carbocycles. The summed E-state index contributed by atoms with van der Waals surface area (Å²) >= 11 is 0. The Labute approximate surface area is 207 Å². The van der Waals surface area contributed by atoms with Crippen molar-refractivity contribution < 1.29 is 21.1 Å². The fraction of sp³-hybridized carbons (Fsp3) is 0. The number of hydrogen-bond donors (Lipinski definition) is 0. The van der Waals surface area contributed by atoms with Gasteiger partial charge in [-0.25, -0.2) is 16.1 Å². The molecule has 5 aromatic rings. The smallest absolute Gasteiger partial charge is 0.313 e. The summed E-state index contributed by atoms with van der Waals surface area (Å²) in [5, 5.41) is 4.33. The zero-order valence-corrected chi connectivity index (χ0v) is 19.8. The molecule has 0 spiro atoms. The summed E-state index contributed by atoms with van der Waals surface area (Å²) in [5.41, 5.74) is 7.07. The predicted molar refractivity (Wildman–Crippen MR) is 128 cm³/mol. The summed E-state index contributed by atoms with van der Waals surface area (Å²) in [5.74, 6) is 0.854. The van der Waals surface area contributed by atoms with Gasteiger partial charge >= 0.3 is 21.1 Å². The second-order valence-corrected chi connectivity index (χ2v) is 7.49. The van der Waals surface area contributed by atoms with Crippen molar-refractivity contribution in [1.29, 1.82) is 0 Å². The van der Waals surface area contributed by atoms with E-state index >= 15 is 0 Å². The van der Waals surface area contributed by atoms with Crippen molar-refractivity contribution in [1.82, 2.24) is 14.8 Å². The van der Waals surface area contributed by atoms with Gasteiger partial charge in [0.25, 0.3) is 0 Å². The average Bonchev–Trinajstić information content (AvgIpc) is 3.34. The molecule has 4 nitrogen and oxygen atoms in total. The van der Waals surface area contributed by atoms with E-state index in [0.29, 0.717) is 0 Å². The Hall–Kier alpha value is -3.75. The van der Waals surface area contributed by atoms with E-state index in [1.54, 1.807) is 6.20 Å². The van der Waals surface area contributed by atoms with Gasteiger partial charge in [-0.15, -0.1) is 12.1 Å². The van der Waals surface area contributed by atoms with Crippen LogP contribution in [0.3, 0.4) is 0 Å². The maximum Gasteiger partial charge on any atom is 2.00 e. The normalized spacial score (nSPS) is 11.8. The number of pyridine rings is 1. The van der Waals surface area contributed by atoms with Crippen molar-refractivity contribution in [2.75, 3.05) is 4.90 Å². The molecule has 1 aliphatic rings. The van der Waals surface area contributed by atoms with Crippen molar-refractivity contribution in [2.24, 2.45) is 0 Å². The molecule has 5 heteroatoms. The number of rotatable bonds is 3. The van der Waals surface area contributed by atoms with Crippen molar-refractivity contribution in [3.05, 3.63) is 121 Å². The standard InChI is InChI=1S/C28H18N4.Pt/c1-2-10-26-21(7-1)12-13-22-14-15-24(20-27(22)32(26)28-11-3-4-16-29-28)23-8-5-9-25(19-23)31-18-6-17-30-31;/h1-18H;/q-2;+2. The molecule has 0 unspecified atom stereocenters. The molecule has 3 heterocycles. The second-order valence-electron chi connectivity index (χ2n) is 7.49. The van der Waals surface area contributed by atoms with Gasteiger partial charge < -0.3 is 4.90 Å². The van der Waals surface area contributed by atoms with Gasteiger partial charge in [-0.1, -0.05) is 42.0 Å². The molecule has 0 bridgehead atoms. The summed E-state index contributed by atoms with van der Waals surface area (Å²) in [4.78, 5) is 6.82. The first-order valence-electron chi connectivity index (χ1n) is 10.4. The van der Waals surface area contributed by atoms with Crippen LogP contribution < -0.4 is 4.90 Å². The quantitative estimate of drug-likeness (QED) is 0.217. The van der Waals surface area contributed by atoms with Crippen LogP contribution in [-0.4, -0.2) is 14.8 Å². The first-order valence-corrected chi connectivity index (χ1v) is 10.4. The summed E-state index contributed by atoms with van der Waals surface area (Å²) < 4.78 is 1.81. The van der Waals surface area contributed by atoms with Gasteiger partial charge in [0.05, 0.1) is 5.69 Å². The van der Waals surface area contributed by atoms with E-state index in [1.165, 1.54) is 0 Å². The molecule has 33 heavy (non-hydrogen) atoms. The second kappa shape index (κ2) is 9.01. The third-order valence-corrected chi connectivity index (χ3v) is 5.50. The molecule has 0 N–H and O–H groups in total. The van der Waals surface area contributed by atoms with Gasteiger partial charge in [-0.2, -0.15) is 35.4 Å². The van der Waals surface area contributed by atoms with E-state index in [9.17, 15) is 0 Å². The number of aromatic nitrogens is 3. The molecule has 0 atom stereocenters. The molecule has 0 fully saturated rings. The van der Waals surface area contributed by atoms with Crippen molar-refractivity contribution in [3.8, 4) is 16.8 Å². The average molecular weight is 606 g/mol. The van der Waals surface area contributed by atoms with Gasteiger partial charge in [0, 0.05) is 18.6 Å². The monoisotopic (exact) mass is 605 g/mol. The summed E-state index contributed by atoms with van der Waals surface area (Å²) in [6, 6.07) is 33.7. The minimum Gasteiger partial charge on any atom is -0.313 e. The molecule has 1 aliphatic heterocycles. The Morgan fingerprint density at radius 2 is 1.52 bits per heavy atom. The minimum atomic E-state index is 0.